The smallest absolute Gasteiger partial charge is 0.403 e. The van der Waals surface area contributed by atoms with Crippen LogP contribution < -0.4 is 5.73 Å². The SMILES string of the molecule is CC(C)(N)CCB1OC(C)(C)C(C)(C)O1. The van der Waals surface area contributed by atoms with Gasteiger partial charge in [-0.2, -0.15) is 0 Å². The lowest BCUT2D eigenvalue weighted by atomic mass is 9.78. The highest BCUT2D eigenvalue weighted by atomic mass is 16.7. The molecule has 0 aromatic heterocycles. The van der Waals surface area contributed by atoms with Gasteiger partial charge < -0.3 is 15.0 Å². The molecule has 0 aromatic rings. The molecule has 0 unspecified atom stereocenters. The minimum absolute atomic E-state index is 0.113. The molecule has 0 atom stereocenters. The molecule has 1 aliphatic heterocycles. The Morgan fingerprint density at radius 1 is 1.07 bits per heavy atom. The van der Waals surface area contributed by atoms with Gasteiger partial charge >= 0.3 is 7.12 Å². The van der Waals surface area contributed by atoms with Crippen molar-refractivity contribution in [2.75, 3.05) is 0 Å². The maximum atomic E-state index is 5.94. The number of hydrogen-bond acceptors (Lipinski definition) is 3. The summed E-state index contributed by atoms with van der Waals surface area (Å²) in [6, 6.07) is 0. The third-order valence-electron chi connectivity index (χ3n) is 3.33. The van der Waals surface area contributed by atoms with Gasteiger partial charge in [0.1, 0.15) is 0 Å². The van der Waals surface area contributed by atoms with Crippen molar-refractivity contribution in [3.05, 3.63) is 0 Å². The van der Waals surface area contributed by atoms with Gasteiger partial charge in [0, 0.05) is 5.54 Å². The van der Waals surface area contributed by atoms with E-state index >= 15 is 0 Å². The first-order chi connectivity index (χ1) is 6.54. The van der Waals surface area contributed by atoms with E-state index in [9.17, 15) is 0 Å². The predicted molar refractivity (Wildman–Crippen MR) is 63.8 cm³/mol. The quantitative estimate of drug-likeness (QED) is 0.731. The summed E-state index contributed by atoms with van der Waals surface area (Å²) in [5, 5.41) is 0. The molecule has 0 radical (unpaired) electrons. The third kappa shape index (κ3) is 3.20. The van der Waals surface area contributed by atoms with Gasteiger partial charge in [0.2, 0.25) is 0 Å². The Labute approximate surface area is 93.8 Å². The van der Waals surface area contributed by atoms with E-state index in [4.69, 9.17) is 15.0 Å². The Morgan fingerprint density at radius 2 is 1.47 bits per heavy atom. The van der Waals surface area contributed by atoms with E-state index < -0.39 is 0 Å². The highest BCUT2D eigenvalue weighted by molar-refractivity contribution is 6.45. The molecular formula is C11H24BNO2. The lowest BCUT2D eigenvalue weighted by Crippen LogP contribution is -2.41. The highest BCUT2D eigenvalue weighted by Crippen LogP contribution is 2.38. The van der Waals surface area contributed by atoms with Gasteiger partial charge in [0.15, 0.2) is 0 Å². The van der Waals surface area contributed by atoms with Crippen LogP contribution in [-0.4, -0.2) is 23.9 Å². The molecule has 0 amide bonds. The third-order valence-corrected chi connectivity index (χ3v) is 3.33. The van der Waals surface area contributed by atoms with Crippen molar-refractivity contribution in [1.29, 1.82) is 0 Å². The summed E-state index contributed by atoms with van der Waals surface area (Å²) in [5.41, 5.74) is 5.34. The summed E-state index contributed by atoms with van der Waals surface area (Å²) in [6.45, 7) is 12.3. The van der Waals surface area contributed by atoms with E-state index in [0.29, 0.717) is 0 Å². The maximum Gasteiger partial charge on any atom is 0.457 e. The molecule has 1 saturated heterocycles. The Morgan fingerprint density at radius 3 is 1.80 bits per heavy atom. The second kappa shape index (κ2) is 3.76. The molecule has 0 bridgehead atoms. The molecule has 4 heteroatoms. The molecule has 1 heterocycles. The average Bonchev–Trinajstić information content (AvgIpc) is 2.16. The lowest BCUT2D eigenvalue weighted by Gasteiger charge is -2.32. The summed E-state index contributed by atoms with van der Waals surface area (Å²) in [7, 11) is -0.113. The van der Waals surface area contributed by atoms with Crippen LogP contribution in [0.2, 0.25) is 6.32 Å². The first kappa shape index (κ1) is 13.0. The van der Waals surface area contributed by atoms with E-state index in [1.165, 1.54) is 0 Å². The maximum absolute atomic E-state index is 5.94. The average molecular weight is 213 g/mol. The number of nitrogens with two attached hydrogens (primary N) is 1. The van der Waals surface area contributed by atoms with Crippen molar-refractivity contribution in [2.24, 2.45) is 5.73 Å². The molecule has 0 saturated carbocycles. The molecule has 88 valence electrons. The van der Waals surface area contributed by atoms with Crippen molar-refractivity contribution in [1.82, 2.24) is 0 Å². The van der Waals surface area contributed by atoms with Crippen LogP contribution in [0.3, 0.4) is 0 Å². The van der Waals surface area contributed by atoms with Crippen LogP contribution in [0.5, 0.6) is 0 Å². The Balaban J connectivity index is 2.50. The van der Waals surface area contributed by atoms with Gasteiger partial charge in [-0.05, 0) is 54.3 Å². The monoisotopic (exact) mass is 213 g/mol. The van der Waals surface area contributed by atoms with Crippen molar-refractivity contribution >= 4 is 7.12 Å². The predicted octanol–water partition coefficient (Wildman–Crippen LogP) is 2.21. The van der Waals surface area contributed by atoms with Crippen LogP contribution >= 0.6 is 0 Å². The Kier molecular flexibility index (Phi) is 3.26. The second-order valence-electron chi connectivity index (χ2n) is 6.21. The van der Waals surface area contributed by atoms with Gasteiger partial charge in [-0.25, -0.2) is 0 Å². The van der Waals surface area contributed by atoms with E-state index in [1.807, 2.05) is 13.8 Å². The van der Waals surface area contributed by atoms with Gasteiger partial charge in [-0.3, -0.25) is 0 Å². The lowest BCUT2D eigenvalue weighted by molar-refractivity contribution is 0.00578. The number of hydrogen-bond donors (Lipinski definition) is 1. The molecule has 1 rings (SSSR count). The summed E-state index contributed by atoms with van der Waals surface area (Å²) >= 11 is 0. The number of rotatable bonds is 3. The summed E-state index contributed by atoms with van der Waals surface area (Å²) in [5.74, 6) is 0. The first-order valence-electron chi connectivity index (χ1n) is 5.68. The van der Waals surface area contributed by atoms with E-state index in [-0.39, 0.29) is 23.9 Å². The zero-order valence-electron chi connectivity index (χ0n) is 10.9. The van der Waals surface area contributed by atoms with Crippen molar-refractivity contribution in [3.63, 3.8) is 0 Å². The van der Waals surface area contributed by atoms with Gasteiger partial charge in [0.25, 0.3) is 0 Å². The zero-order valence-corrected chi connectivity index (χ0v) is 10.9. The van der Waals surface area contributed by atoms with Crippen molar-refractivity contribution in [3.8, 4) is 0 Å². The molecule has 3 nitrogen and oxygen atoms in total. The molecular weight excluding hydrogens is 189 g/mol. The topological polar surface area (TPSA) is 44.5 Å². The van der Waals surface area contributed by atoms with E-state index in [1.54, 1.807) is 0 Å². The summed E-state index contributed by atoms with van der Waals surface area (Å²) in [4.78, 5) is 0. The first-order valence-corrected chi connectivity index (χ1v) is 5.68. The molecule has 15 heavy (non-hydrogen) atoms. The molecule has 2 N–H and O–H groups in total. The second-order valence-corrected chi connectivity index (χ2v) is 6.21. The minimum atomic E-state index is -0.226. The van der Waals surface area contributed by atoms with Crippen molar-refractivity contribution < 1.29 is 9.31 Å². The van der Waals surface area contributed by atoms with Crippen LogP contribution in [0.1, 0.15) is 48.0 Å². The van der Waals surface area contributed by atoms with Crippen LogP contribution in [0.4, 0.5) is 0 Å². The molecule has 0 spiro atoms. The van der Waals surface area contributed by atoms with Gasteiger partial charge in [0.05, 0.1) is 11.2 Å². The van der Waals surface area contributed by atoms with Gasteiger partial charge in [-0.1, -0.05) is 0 Å². The molecule has 0 aromatic carbocycles. The molecule has 1 aliphatic rings. The summed E-state index contributed by atoms with van der Waals surface area (Å²) in [6.07, 6.45) is 1.76. The van der Waals surface area contributed by atoms with Crippen LogP contribution in [-0.2, 0) is 9.31 Å². The fourth-order valence-electron chi connectivity index (χ4n) is 1.57. The fourth-order valence-corrected chi connectivity index (χ4v) is 1.57. The van der Waals surface area contributed by atoms with Crippen LogP contribution in [0.15, 0.2) is 0 Å². The van der Waals surface area contributed by atoms with Crippen LogP contribution in [0, 0.1) is 0 Å². The summed E-state index contributed by atoms with van der Waals surface area (Å²) < 4.78 is 11.8. The Bertz CT molecular complexity index is 217. The Hall–Kier alpha value is -0.0551. The van der Waals surface area contributed by atoms with Crippen molar-refractivity contribution in [2.45, 2.75) is 71.0 Å². The fraction of sp³-hybridized carbons (Fsp3) is 1.00. The molecule has 0 aliphatic carbocycles. The van der Waals surface area contributed by atoms with E-state index in [0.717, 1.165) is 12.7 Å². The van der Waals surface area contributed by atoms with Gasteiger partial charge in [-0.15, -0.1) is 0 Å². The molecule has 1 fully saturated rings. The van der Waals surface area contributed by atoms with E-state index in [2.05, 4.69) is 27.7 Å². The van der Waals surface area contributed by atoms with Crippen LogP contribution in [0.25, 0.3) is 0 Å². The normalized spacial score (nSPS) is 24.6. The minimum Gasteiger partial charge on any atom is -0.403 e. The highest BCUT2D eigenvalue weighted by Gasteiger charge is 2.50. The standard InChI is InChI=1S/C11H24BNO2/c1-9(2,13)7-8-12-14-10(3,4)11(5,6)15-12/h7-8,13H2,1-6H3. The largest absolute Gasteiger partial charge is 0.457 e. The zero-order chi connectivity index (χ0) is 11.9.